The minimum Gasteiger partial charge on any atom is -0.494 e. The first-order valence-electron chi connectivity index (χ1n) is 9.06. The van der Waals surface area contributed by atoms with Crippen LogP contribution >= 0.6 is 24.4 Å². The second kappa shape index (κ2) is 11.4. The molecule has 5 nitrogen and oxygen atoms in total. The number of thiocarbonyl (C=S) groups is 2. The van der Waals surface area contributed by atoms with Crippen molar-refractivity contribution in [2.24, 2.45) is 0 Å². The van der Waals surface area contributed by atoms with Gasteiger partial charge >= 0.3 is 0 Å². The summed E-state index contributed by atoms with van der Waals surface area (Å²) in [5, 5.41) is 7.04. The van der Waals surface area contributed by atoms with Gasteiger partial charge in [-0.3, -0.25) is 10.9 Å². The summed E-state index contributed by atoms with van der Waals surface area (Å²) in [6.07, 6.45) is 3.51. The largest absolute Gasteiger partial charge is 0.494 e. The molecule has 0 aliphatic rings. The molecular formula is C20H26N4OS2. The highest BCUT2D eigenvalue weighted by molar-refractivity contribution is 7.81. The van der Waals surface area contributed by atoms with Gasteiger partial charge in [0.05, 0.1) is 6.61 Å². The van der Waals surface area contributed by atoms with Gasteiger partial charge in [0.2, 0.25) is 0 Å². The van der Waals surface area contributed by atoms with E-state index in [-0.39, 0.29) is 0 Å². The maximum atomic E-state index is 5.41. The molecule has 4 N–H and O–H groups in total. The Kier molecular flexibility index (Phi) is 8.80. The average Bonchev–Trinajstić information content (AvgIpc) is 2.68. The molecule has 7 heteroatoms. The third-order valence-corrected chi connectivity index (χ3v) is 4.15. The summed E-state index contributed by atoms with van der Waals surface area (Å²) in [6, 6.07) is 15.9. The predicted octanol–water partition coefficient (Wildman–Crippen LogP) is 4.62. The van der Waals surface area contributed by atoms with Crippen LogP contribution in [0, 0.1) is 0 Å². The summed E-state index contributed by atoms with van der Waals surface area (Å²) < 4.78 is 5.41. The van der Waals surface area contributed by atoms with Gasteiger partial charge in [0.1, 0.15) is 5.75 Å². The van der Waals surface area contributed by atoms with Crippen LogP contribution in [0.3, 0.4) is 0 Å². The van der Waals surface area contributed by atoms with Crippen molar-refractivity contribution in [2.45, 2.75) is 33.1 Å². The van der Waals surface area contributed by atoms with Crippen LogP contribution in [0.15, 0.2) is 48.5 Å². The molecule has 0 amide bonds. The van der Waals surface area contributed by atoms with E-state index in [1.807, 2.05) is 43.3 Å². The van der Waals surface area contributed by atoms with Crippen LogP contribution in [0.1, 0.15) is 32.3 Å². The second-order valence-electron chi connectivity index (χ2n) is 5.92. The fourth-order valence-corrected chi connectivity index (χ4v) is 2.71. The van der Waals surface area contributed by atoms with Crippen LogP contribution in [-0.2, 0) is 6.42 Å². The molecule has 0 spiro atoms. The van der Waals surface area contributed by atoms with Crippen LogP contribution in [0.25, 0.3) is 0 Å². The summed E-state index contributed by atoms with van der Waals surface area (Å²) in [4.78, 5) is 0. The third kappa shape index (κ3) is 7.80. The average molecular weight is 403 g/mol. The first kappa shape index (κ1) is 20.9. The van der Waals surface area contributed by atoms with Crippen LogP contribution < -0.4 is 26.2 Å². The highest BCUT2D eigenvalue weighted by Gasteiger charge is 2.01. The van der Waals surface area contributed by atoms with Crippen molar-refractivity contribution >= 4 is 46.0 Å². The van der Waals surface area contributed by atoms with Crippen molar-refractivity contribution in [3.63, 3.8) is 0 Å². The summed E-state index contributed by atoms with van der Waals surface area (Å²) >= 11 is 10.5. The van der Waals surface area contributed by atoms with E-state index >= 15 is 0 Å². The summed E-state index contributed by atoms with van der Waals surface area (Å²) in [5.41, 5.74) is 8.86. The standard InChI is InChI=1S/C20H26N4OS2/c1-3-5-6-15-7-9-16(10-8-15)21-19(26)23-24-20(27)22-17-11-13-18(14-12-17)25-4-2/h7-14H,3-6H2,1-2H3,(H2,21,23,26)(H2,22,24,27). The topological polar surface area (TPSA) is 57.3 Å². The van der Waals surface area contributed by atoms with Crippen molar-refractivity contribution in [1.29, 1.82) is 0 Å². The second-order valence-corrected chi connectivity index (χ2v) is 6.73. The van der Waals surface area contributed by atoms with E-state index in [2.05, 4.69) is 40.5 Å². The van der Waals surface area contributed by atoms with Crippen molar-refractivity contribution in [3.05, 3.63) is 54.1 Å². The lowest BCUT2D eigenvalue weighted by atomic mass is 10.1. The lowest BCUT2D eigenvalue weighted by molar-refractivity contribution is 0.340. The molecule has 0 saturated carbocycles. The first-order valence-corrected chi connectivity index (χ1v) is 9.88. The van der Waals surface area contributed by atoms with Gasteiger partial charge in [0.25, 0.3) is 0 Å². The fourth-order valence-electron chi connectivity index (χ4n) is 2.38. The molecule has 0 bridgehead atoms. The Morgan fingerprint density at radius 3 is 1.81 bits per heavy atom. The molecule has 0 fully saturated rings. The van der Waals surface area contributed by atoms with Crippen molar-refractivity contribution in [1.82, 2.24) is 10.9 Å². The van der Waals surface area contributed by atoms with Gasteiger partial charge < -0.3 is 15.4 Å². The number of hydrogen-bond acceptors (Lipinski definition) is 3. The van der Waals surface area contributed by atoms with E-state index in [0.29, 0.717) is 16.8 Å². The van der Waals surface area contributed by atoms with E-state index in [1.54, 1.807) is 0 Å². The van der Waals surface area contributed by atoms with Crippen LogP contribution in [0.5, 0.6) is 5.75 Å². The van der Waals surface area contributed by atoms with Crippen LogP contribution in [0.2, 0.25) is 0 Å². The number of ether oxygens (including phenoxy) is 1. The molecule has 27 heavy (non-hydrogen) atoms. The zero-order valence-electron chi connectivity index (χ0n) is 15.7. The zero-order valence-corrected chi connectivity index (χ0v) is 17.3. The molecule has 144 valence electrons. The molecule has 2 aromatic carbocycles. The summed E-state index contributed by atoms with van der Waals surface area (Å²) in [5.74, 6) is 0.825. The Hall–Kier alpha value is -2.38. The highest BCUT2D eigenvalue weighted by atomic mass is 32.1. The van der Waals surface area contributed by atoms with Gasteiger partial charge in [-0.05, 0) is 86.2 Å². The van der Waals surface area contributed by atoms with Crippen molar-refractivity contribution < 1.29 is 4.74 Å². The Bertz CT molecular complexity index is 733. The first-order chi connectivity index (χ1) is 13.1. The predicted molar refractivity (Wildman–Crippen MR) is 121 cm³/mol. The number of rotatable bonds is 7. The van der Waals surface area contributed by atoms with Crippen molar-refractivity contribution in [3.8, 4) is 5.75 Å². The Morgan fingerprint density at radius 2 is 1.33 bits per heavy atom. The van der Waals surface area contributed by atoms with E-state index in [4.69, 9.17) is 29.2 Å². The van der Waals surface area contributed by atoms with Gasteiger partial charge in [-0.2, -0.15) is 0 Å². The van der Waals surface area contributed by atoms with Crippen LogP contribution in [0.4, 0.5) is 11.4 Å². The fraction of sp³-hybridized carbons (Fsp3) is 0.300. The zero-order chi connectivity index (χ0) is 19.5. The normalized spacial score (nSPS) is 10.0. The molecule has 0 saturated heterocycles. The molecule has 0 atom stereocenters. The third-order valence-electron chi connectivity index (χ3n) is 3.74. The lowest BCUT2D eigenvalue weighted by Crippen LogP contribution is -2.45. The Labute approximate surface area is 171 Å². The van der Waals surface area contributed by atoms with E-state index < -0.39 is 0 Å². The van der Waals surface area contributed by atoms with Crippen LogP contribution in [-0.4, -0.2) is 16.8 Å². The maximum Gasteiger partial charge on any atom is 0.189 e. The number of hydrazine groups is 1. The maximum absolute atomic E-state index is 5.41. The lowest BCUT2D eigenvalue weighted by Gasteiger charge is -2.14. The quantitative estimate of drug-likeness (QED) is 0.398. The monoisotopic (exact) mass is 402 g/mol. The summed E-state index contributed by atoms with van der Waals surface area (Å²) in [7, 11) is 0. The molecule has 0 unspecified atom stereocenters. The molecule has 0 heterocycles. The molecular weight excluding hydrogens is 376 g/mol. The highest BCUT2D eigenvalue weighted by Crippen LogP contribution is 2.15. The minimum atomic E-state index is 0.415. The summed E-state index contributed by atoms with van der Waals surface area (Å²) in [6.45, 7) is 4.79. The van der Waals surface area contributed by atoms with Gasteiger partial charge in [0, 0.05) is 11.4 Å². The van der Waals surface area contributed by atoms with E-state index in [0.717, 1.165) is 23.5 Å². The van der Waals surface area contributed by atoms with Gasteiger partial charge in [-0.25, -0.2) is 0 Å². The number of anilines is 2. The van der Waals surface area contributed by atoms with Crippen molar-refractivity contribution in [2.75, 3.05) is 17.2 Å². The number of aryl methyl sites for hydroxylation is 1. The molecule has 0 radical (unpaired) electrons. The number of hydrogen-bond donors (Lipinski definition) is 4. The molecule has 2 aromatic rings. The SMILES string of the molecule is CCCCc1ccc(NC(=S)NNC(=S)Nc2ccc(OCC)cc2)cc1. The van der Waals surface area contributed by atoms with E-state index in [9.17, 15) is 0 Å². The molecule has 0 aromatic heterocycles. The van der Waals surface area contributed by atoms with Gasteiger partial charge in [-0.15, -0.1) is 0 Å². The van der Waals surface area contributed by atoms with Gasteiger partial charge in [0.15, 0.2) is 10.2 Å². The number of benzene rings is 2. The van der Waals surface area contributed by atoms with Gasteiger partial charge in [-0.1, -0.05) is 25.5 Å². The molecule has 0 aliphatic heterocycles. The number of nitrogens with one attached hydrogen (secondary N) is 4. The number of unbranched alkanes of at least 4 members (excludes halogenated alkanes) is 1. The smallest absolute Gasteiger partial charge is 0.189 e. The molecule has 2 rings (SSSR count). The molecule has 0 aliphatic carbocycles. The Morgan fingerprint density at radius 1 is 0.815 bits per heavy atom. The van der Waals surface area contributed by atoms with E-state index in [1.165, 1.54) is 18.4 Å². The minimum absolute atomic E-state index is 0.415. The Balaban J connectivity index is 1.73.